The smallest absolute Gasteiger partial charge is 0.227 e. The number of carbonyl (C=O) groups is 1. The second-order valence-corrected chi connectivity index (χ2v) is 7.42. The van der Waals surface area contributed by atoms with Crippen molar-refractivity contribution in [1.82, 2.24) is 14.8 Å². The largest absolute Gasteiger partial charge is 0.356 e. The number of carbonyl (C=O) groups excluding carboxylic acids is 1. The maximum atomic E-state index is 13.2. The normalized spacial score (nSPS) is 25.1. The Hall–Kier alpha value is -1.62. The van der Waals surface area contributed by atoms with Gasteiger partial charge in [-0.1, -0.05) is 6.07 Å². The summed E-state index contributed by atoms with van der Waals surface area (Å²) in [6.45, 7) is 3.71. The van der Waals surface area contributed by atoms with Gasteiger partial charge in [-0.2, -0.15) is 0 Å². The molecule has 132 valence electrons. The van der Waals surface area contributed by atoms with Crippen molar-refractivity contribution in [3.63, 3.8) is 0 Å². The molecule has 5 heteroatoms. The summed E-state index contributed by atoms with van der Waals surface area (Å²) in [7, 11) is 4.20. The summed E-state index contributed by atoms with van der Waals surface area (Å²) >= 11 is 0. The fourth-order valence-corrected chi connectivity index (χ4v) is 4.06. The van der Waals surface area contributed by atoms with Crippen LogP contribution in [0.25, 0.3) is 0 Å². The molecule has 2 saturated heterocycles. The van der Waals surface area contributed by atoms with Crippen LogP contribution in [0.1, 0.15) is 32.1 Å². The quantitative estimate of drug-likeness (QED) is 0.849. The van der Waals surface area contributed by atoms with Gasteiger partial charge in [0.1, 0.15) is 5.82 Å². The number of hydrogen-bond donors (Lipinski definition) is 0. The second kappa shape index (κ2) is 7.97. The second-order valence-electron chi connectivity index (χ2n) is 7.42. The summed E-state index contributed by atoms with van der Waals surface area (Å²) in [5.74, 6) is 1.48. The number of hydrogen-bond acceptors (Lipinski definition) is 4. The summed E-state index contributed by atoms with van der Waals surface area (Å²) in [6.07, 6.45) is 7.44. The molecule has 5 nitrogen and oxygen atoms in total. The van der Waals surface area contributed by atoms with Crippen molar-refractivity contribution in [3.8, 4) is 0 Å². The molecular formula is C19H30N4O. The Bertz CT molecular complexity index is 533. The zero-order valence-corrected chi connectivity index (χ0v) is 15.0. The molecule has 2 aliphatic heterocycles. The molecule has 2 atom stereocenters. The SMILES string of the molecule is CN(C)CC1CCCCN1C(=O)C1CCCN(c2ccccn2)C1. The first-order valence-electron chi connectivity index (χ1n) is 9.26. The van der Waals surface area contributed by atoms with E-state index in [1.54, 1.807) is 0 Å². The minimum Gasteiger partial charge on any atom is -0.356 e. The van der Waals surface area contributed by atoms with Crippen LogP contribution in [0, 0.1) is 5.92 Å². The van der Waals surface area contributed by atoms with Gasteiger partial charge >= 0.3 is 0 Å². The fraction of sp³-hybridized carbons (Fsp3) is 0.684. The van der Waals surface area contributed by atoms with Gasteiger partial charge in [0, 0.05) is 38.4 Å². The van der Waals surface area contributed by atoms with Crippen LogP contribution in [0.5, 0.6) is 0 Å². The van der Waals surface area contributed by atoms with E-state index in [2.05, 4.69) is 33.8 Å². The first kappa shape index (κ1) is 17.2. The number of rotatable bonds is 4. The zero-order valence-electron chi connectivity index (χ0n) is 15.0. The molecule has 3 rings (SSSR count). The van der Waals surface area contributed by atoms with Crippen LogP contribution < -0.4 is 4.90 Å². The first-order chi connectivity index (χ1) is 11.6. The van der Waals surface area contributed by atoms with Gasteiger partial charge in [-0.15, -0.1) is 0 Å². The molecule has 24 heavy (non-hydrogen) atoms. The van der Waals surface area contributed by atoms with Gasteiger partial charge in [0.25, 0.3) is 0 Å². The van der Waals surface area contributed by atoms with Gasteiger partial charge in [0.15, 0.2) is 0 Å². The highest BCUT2D eigenvalue weighted by Crippen LogP contribution is 2.26. The van der Waals surface area contributed by atoms with Crippen LogP contribution in [0.2, 0.25) is 0 Å². The van der Waals surface area contributed by atoms with Crippen LogP contribution >= 0.6 is 0 Å². The lowest BCUT2D eigenvalue weighted by Gasteiger charge is -2.41. The summed E-state index contributed by atoms with van der Waals surface area (Å²) in [4.78, 5) is 24.3. The molecule has 0 bridgehead atoms. The highest BCUT2D eigenvalue weighted by Gasteiger charge is 2.34. The van der Waals surface area contributed by atoms with E-state index < -0.39 is 0 Å². The number of aromatic nitrogens is 1. The van der Waals surface area contributed by atoms with Crippen molar-refractivity contribution < 1.29 is 4.79 Å². The van der Waals surface area contributed by atoms with Gasteiger partial charge in [0.2, 0.25) is 5.91 Å². The van der Waals surface area contributed by atoms with E-state index in [1.165, 1.54) is 6.42 Å². The van der Waals surface area contributed by atoms with Crippen LogP contribution in [0.4, 0.5) is 5.82 Å². The Morgan fingerprint density at radius 1 is 1.21 bits per heavy atom. The van der Waals surface area contributed by atoms with Crippen molar-refractivity contribution in [3.05, 3.63) is 24.4 Å². The molecule has 1 aromatic rings. The van der Waals surface area contributed by atoms with Crippen LogP contribution in [-0.2, 0) is 4.79 Å². The highest BCUT2D eigenvalue weighted by atomic mass is 16.2. The van der Waals surface area contributed by atoms with E-state index in [4.69, 9.17) is 0 Å². The minimum absolute atomic E-state index is 0.114. The van der Waals surface area contributed by atoms with E-state index in [9.17, 15) is 4.79 Å². The third-order valence-corrected chi connectivity index (χ3v) is 5.23. The van der Waals surface area contributed by atoms with Crippen molar-refractivity contribution in [2.45, 2.75) is 38.1 Å². The molecule has 2 unspecified atom stereocenters. The number of likely N-dealkylation sites (N-methyl/N-ethyl adjacent to an activating group) is 1. The van der Waals surface area contributed by atoms with Crippen LogP contribution in [0.15, 0.2) is 24.4 Å². The van der Waals surface area contributed by atoms with E-state index in [-0.39, 0.29) is 5.92 Å². The van der Waals surface area contributed by atoms with Crippen molar-refractivity contribution in [2.75, 3.05) is 45.2 Å². The fourth-order valence-electron chi connectivity index (χ4n) is 4.06. The maximum Gasteiger partial charge on any atom is 0.227 e. The van der Waals surface area contributed by atoms with Gasteiger partial charge in [0.05, 0.1) is 5.92 Å². The molecule has 0 aromatic carbocycles. The third kappa shape index (κ3) is 4.07. The molecule has 0 saturated carbocycles. The highest BCUT2D eigenvalue weighted by molar-refractivity contribution is 5.80. The Kier molecular flexibility index (Phi) is 5.72. The predicted octanol–water partition coefficient (Wildman–Crippen LogP) is 2.24. The minimum atomic E-state index is 0.114. The average molecular weight is 330 g/mol. The number of piperidine rings is 2. The van der Waals surface area contributed by atoms with Crippen molar-refractivity contribution in [1.29, 1.82) is 0 Å². The molecule has 2 aliphatic rings. The molecular weight excluding hydrogens is 300 g/mol. The Labute approximate surface area is 145 Å². The molecule has 3 heterocycles. The van der Waals surface area contributed by atoms with Crippen molar-refractivity contribution >= 4 is 11.7 Å². The van der Waals surface area contributed by atoms with Gasteiger partial charge in [-0.3, -0.25) is 4.79 Å². The molecule has 0 radical (unpaired) electrons. The monoisotopic (exact) mass is 330 g/mol. The lowest BCUT2D eigenvalue weighted by atomic mass is 9.93. The number of nitrogens with zero attached hydrogens (tertiary/aromatic N) is 4. The molecule has 0 spiro atoms. The lowest BCUT2D eigenvalue weighted by molar-refractivity contribution is -0.139. The number of amides is 1. The Morgan fingerprint density at radius 2 is 2.08 bits per heavy atom. The summed E-state index contributed by atoms with van der Waals surface area (Å²) in [5, 5.41) is 0. The lowest BCUT2D eigenvalue weighted by Crippen LogP contribution is -2.53. The number of anilines is 1. The molecule has 2 fully saturated rings. The van der Waals surface area contributed by atoms with Gasteiger partial charge < -0.3 is 14.7 Å². The van der Waals surface area contributed by atoms with Crippen molar-refractivity contribution in [2.24, 2.45) is 5.92 Å². The summed E-state index contributed by atoms with van der Waals surface area (Å²) in [5.41, 5.74) is 0. The van der Waals surface area contributed by atoms with Gasteiger partial charge in [-0.05, 0) is 58.3 Å². The van der Waals surface area contributed by atoms with E-state index >= 15 is 0 Å². The predicted molar refractivity (Wildman–Crippen MR) is 97.1 cm³/mol. The van der Waals surface area contributed by atoms with Gasteiger partial charge in [-0.25, -0.2) is 4.98 Å². The maximum absolute atomic E-state index is 13.2. The van der Waals surface area contributed by atoms with E-state index in [0.29, 0.717) is 11.9 Å². The number of likely N-dealkylation sites (tertiary alicyclic amines) is 1. The van der Waals surface area contributed by atoms with E-state index in [0.717, 1.165) is 57.7 Å². The topological polar surface area (TPSA) is 39.7 Å². The average Bonchev–Trinajstić information content (AvgIpc) is 2.62. The molecule has 0 N–H and O–H groups in total. The number of pyridine rings is 1. The molecule has 0 aliphatic carbocycles. The molecule has 1 amide bonds. The summed E-state index contributed by atoms with van der Waals surface area (Å²) < 4.78 is 0. The van der Waals surface area contributed by atoms with Crippen LogP contribution in [-0.4, -0.2) is 67.0 Å². The summed E-state index contributed by atoms with van der Waals surface area (Å²) in [6, 6.07) is 6.38. The zero-order chi connectivity index (χ0) is 16.9. The standard InChI is InChI=1S/C19H30N4O/c1-21(2)15-17-9-4-6-13-23(17)19(24)16-8-7-12-22(14-16)18-10-3-5-11-20-18/h3,5,10-11,16-17H,4,6-9,12-15H2,1-2H3. The third-order valence-electron chi connectivity index (χ3n) is 5.23. The molecule has 1 aromatic heterocycles. The van der Waals surface area contributed by atoms with E-state index in [1.807, 2.05) is 24.4 Å². The first-order valence-corrected chi connectivity index (χ1v) is 9.26. The Morgan fingerprint density at radius 3 is 2.83 bits per heavy atom. The Balaban J connectivity index is 1.67. The van der Waals surface area contributed by atoms with Crippen LogP contribution in [0.3, 0.4) is 0 Å².